The first-order valence-corrected chi connectivity index (χ1v) is 47.1. The third kappa shape index (κ3) is 13.3. The number of hydrogen-bond acceptors (Lipinski definition) is 3. The third-order valence-corrected chi connectivity index (χ3v) is 28.7. The number of para-hydroxylation sites is 6. The lowest BCUT2D eigenvalue weighted by Gasteiger charge is -2.23. The Labute approximate surface area is 784 Å². The zero-order valence-electron chi connectivity index (χ0n) is 77.0. The van der Waals surface area contributed by atoms with E-state index in [0.717, 1.165) is 28.2 Å². The smallest absolute Gasteiger partial charge is 0.0541 e. The summed E-state index contributed by atoms with van der Waals surface area (Å²) in [7, 11) is 0. The molecule has 6 nitrogen and oxygen atoms in total. The number of aromatic nitrogens is 6. The quantitative estimate of drug-likeness (QED) is 0.135. The third-order valence-electron chi connectivity index (χ3n) is 28.7. The van der Waals surface area contributed by atoms with Crippen molar-refractivity contribution in [2.45, 2.75) is 78.6 Å². The summed E-state index contributed by atoms with van der Waals surface area (Å²) in [5.74, 6) is 0. The molecule has 0 atom stereocenters. The van der Waals surface area contributed by atoms with E-state index in [4.69, 9.17) is 0 Å². The molecule has 21 aromatic carbocycles. The molecule has 0 bridgehead atoms. The maximum atomic E-state index is 4.51. The van der Waals surface area contributed by atoms with Crippen LogP contribution in [0.15, 0.2) is 419 Å². The maximum Gasteiger partial charge on any atom is 0.0541 e. The van der Waals surface area contributed by atoms with Gasteiger partial charge < -0.3 is 13.7 Å². The van der Waals surface area contributed by atoms with Crippen molar-refractivity contribution in [3.63, 3.8) is 0 Å². The molecular weight excluding hydrogens is 1630 g/mol. The molecule has 0 saturated carbocycles. The van der Waals surface area contributed by atoms with Crippen LogP contribution in [0.1, 0.15) is 79.0 Å². The summed E-state index contributed by atoms with van der Waals surface area (Å²) >= 11 is 0. The molecule has 0 amide bonds. The Morgan fingerprint density at radius 3 is 0.711 bits per heavy atom. The van der Waals surface area contributed by atoms with E-state index in [0.29, 0.717) is 0 Å². The Balaban J connectivity index is 0.000000108. The minimum atomic E-state index is 0.0731. The van der Waals surface area contributed by atoms with E-state index in [1.54, 1.807) is 0 Å². The highest BCUT2D eigenvalue weighted by Gasteiger charge is 2.27. The van der Waals surface area contributed by atoms with Crippen molar-refractivity contribution in [3.8, 4) is 83.8 Å². The summed E-state index contributed by atoms with van der Waals surface area (Å²) in [5.41, 5.74) is 29.6. The van der Waals surface area contributed by atoms with E-state index in [2.05, 4.69) is 461 Å². The van der Waals surface area contributed by atoms with E-state index in [-0.39, 0.29) is 16.2 Å². The van der Waals surface area contributed by atoms with Gasteiger partial charge in [0, 0.05) is 97.7 Å². The van der Waals surface area contributed by atoms with Crippen molar-refractivity contribution in [1.29, 1.82) is 0 Å². The first-order chi connectivity index (χ1) is 65.9. The Kier molecular flexibility index (Phi) is 18.6. The van der Waals surface area contributed by atoms with Gasteiger partial charge in [0.1, 0.15) is 0 Å². The van der Waals surface area contributed by atoms with Gasteiger partial charge >= 0.3 is 0 Å². The van der Waals surface area contributed by atoms with Crippen molar-refractivity contribution < 1.29 is 0 Å². The van der Waals surface area contributed by atoms with E-state index in [9.17, 15) is 0 Å². The minimum Gasteiger partial charge on any atom is -0.309 e. The number of nitrogens with zero attached hydrogens (tertiary/aromatic N) is 6. The summed E-state index contributed by atoms with van der Waals surface area (Å²) < 4.78 is 7.17. The molecule has 0 aliphatic heterocycles. The van der Waals surface area contributed by atoms with Gasteiger partial charge in [-0.15, -0.1) is 0 Å². The van der Waals surface area contributed by atoms with Crippen LogP contribution in [-0.4, -0.2) is 28.7 Å². The predicted molar refractivity (Wildman–Crippen MR) is 576 cm³/mol. The van der Waals surface area contributed by atoms with Gasteiger partial charge in [0.15, 0.2) is 0 Å². The van der Waals surface area contributed by atoms with Gasteiger partial charge in [0.2, 0.25) is 0 Å². The zero-order chi connectivity index (χ0) is 90.9. The van der Waals surface area contributed by atoms with Gasteiger partial charge in [-0.05, 0) is 301 Å². The lowest BCUT2D eigenvalue weighted by molar-refractivity contribution is 0.591. The molecule has 6 aromatic heterocycles. The van der Waals surface area contributed by atoms with Crippen LogP contribution in [0.3, 0.4) is 0 Å². The fourth-order valence-electron chi connectivity index (χ4n) is 22.0. The topological polar surface area (TPSA) is 53.5 Å². The molecule has 6 heteroatoms. The van der Waals surface area contributed by atoms with E-state index in [1.807, 2.05) is 49.3 Å². The molecule has 642 valence electrons. The van der Waals surface area contributed by atoms with Crippen LogP contribution in [0.25, 0.3) is 246 Å². The molecule has 27 rings (SSSR count). The van der Waals surface area contributed by atoms with Crippen LogP contribution < -0.4 is 0 Å². The Bertz CT molecular complexity index is 8800. The maximum absolute atomic E-state index is 4.51. The van der Waals surface area contributed by atoms with Crippen molar-refractivity contribution in [2.75, 3.05) is 0 Å². The molecule has 0 fully saturated rings. The summed E-state index contributed by atoms with van der Waals surface area (Å²) in [5, 5.41) is 31.1. The van der Waals surface area contributed by atoms with Gasteiger partial charge in [-0.1, -0.05) is 329 Å². The fourth-order valence-corrected chi connectivity index (χ4v) is 22.0. The summed E-state index contributed by atoms with van der Waals surface area (Å²) in [6, 6.07) is 141. The highest BCUT2D eigenvalue weighted by molar-refractivity contribution is 6.32. The molecule has 0 aliphatic rings. The highest BCUT2D eigenvalue weighted by atomic mass is 15.0. The second kappa shape index (κ2) is 31.1. The monoisotopic (exact) mass is 1730 g/mol. The molecule has 0 spiro atoms. The van der Waals surface area contributed by atoms with Crippen LogP contribution in [-0.2, 0) is 16.2 Å². The van der Waals surface area contributed by atoms with Crippen LogP contribution in [0.2, 0.25) is 0 Å². The van der Waals surface area contributed by atoms with Crippen LogP contribution in [0.5, 0.6) is 0 Å². The van der Waals surface area contributed by atoms with Crippen molar-refractivity contribution in [2.24, 2.45) is 0 Å². The molecule has 0 unspecified atom stereocenters. The molecule has 0 saturated heterocycles. The van der Waals surface area contributed by atoms with Crippen LogP contribution in [0, 0.1) is 0 Å². The molecule has 0 N–H and O–H groups in total. The van der Waals surface area contributed by atoms with Gasteiger partial charge in [-0.25, -0.2) is 0 Å². The Morgan fingerprint density at radius 2 is 0.430 bits per heavy atom. The number of pyridine rings is 3. The zero-order valence-corrected chi connectivity index (χ0v) is 77.0. The average molecular weight is 1730 g/mol. The summed E-state index contributed by atoms with van der Waals surface area (Å²) in [6.07, 6.45) is 11.5. The first-order valence-electron chi connectivity index (χ1n) is 47.1. The molecular formula is C129H96N6. The van der Waals surface area contributed by atoms with E-state index in [1.165, 1.54) is 235 Å². The fraction of sp³-hybridized carbons (Fsp3) is 0.0930. The second-order valence-electron chi connectivity index (χ2n) is 39.8. The first kappa shape index (κ1) is 80.7. The molecule has 0 radical (unpaired) electrons. The number of rotatable bonds is 9. The molecule has 135 heavy (non-hydrogen) atoms. The summed E-state index contributed by atoms with van der Waals surface area (Å²) in [6.45, 7) is 20.6. The van der Waals surface area contributed by atoms with E-state index < -0.39 is 0 Å². The van der Waals surface area contributed by atoms with Crippen LogP contribution in [0.4, 0.5) is 0 Å². The standard InChI is InChI=1S/3C43H32N2/c1-43(2,3)31-22-28-17-19-35-37(25-38(30-11-9-21-44-26-30)36-20-18-29(23-31)41(28)42(35)36)27-10-8-12-32(24-27)45-39-15-6-4-13-33(39)34-14-5-7-16-40(34)45;1-43(2,3)31-23-28-16-20-35-37(25-38(30-9-8-22-44-26-30)36-21-17-29(24-31)41(28)42(35)36)27-14-18-32(19-15-27)45-39-12-6-4-10-33(39)34-11-5-7-13-40(34)45;1-43(2,3)31-24-29-14-18-35-37(26-38(28-20-22-44-23-21-28)36-19-15-30(25-31)41(29)42(35)36)27-12-16-32(17-13-27)45-39-10-6-4-8-33(39)34-9-5-7-11-40(34)45/h3*4-26H,1-3H3. The van der Waals surface area contributed by atoms with Crippen LogP contribution >= 0.6 is 0 Å². The van der Waals surface area contributed by atoms with Gasteiger partial charge in [0.25, 0.3) is 0 Å². The van der Waals surface area contributed by atoms with E-state index >= 15 is 0 Å². The minimum absolute atomic E-state index is 0.0731. The van der Waals surface area contributed by atoms with Crippen molar-refractivity contribution in [1.82, 2.24) is 28.7 Å². The number of benzene rings is 21. The highest BCUT2D eigenvalue weighted by Crippen LogP contribution is 2.51. The lowest BCUT2D eigenvalue weighted by atomic mass is 9.81. The number of fused-ring (bicyclic) bond motifs is 9. The largest absolute Gasteiger partial charge is 0.309 e. The molecule has 6 heterocycles. The van der Waals surface area contributed by atoms with Gasteiger partial charge in [-0.3, -0.25) is 15.0 Å². The van der Waals surface area contributed by atoms with Crippen molar-refractivity contribution in [3.05, 3.63) is 436 Å². The summed E-state index contributed by atoms with van der Waals surface area (Å²) in [4.78, 5) is 13.3. The second-order valence-corrected chi connectivity index (χ2v) is 39.8. The normalized spacial score (nSPS) is 12.3. The predicted octanol–water partition coefficient (Wildman–Crippen LogP) is 35.1. The lowest BCUT2D eigenvalue weighted by Crippen LogP contribution is -2.10. The molecule has 0 aliphatic carbocycles. The van der Waals surface area contributed by atoms with Gasteiger partial charge in [-0.2, -0.15) is 0 Å². The number of hydrogen-bond donors (Lipinski definition) is 0. The Hall–Kier alpha value is -16.4. The SMILES string of the molecule is CC(C)(C)c1cc2ccc3c(-c4ccc(-n5c6ccccc6c6ccccc65)cc4)cc(-c4cccnc4)c4ccc(c1)c2c34.CC(C)(C)c1cc2ccc3c(-c4cccnc4)cc(-c4cccc(-n5c6ccccc6c6ccccc65)c4)c4ccc(c1)c2c34.CC(C)(C)c1cc2ccc3c(-c4ccncc4)cc(-c4ccc(-n5c6ccccc6c6ccccc65)cc4)c4ccc(c1)c2c34. The Morgan fingerprint density at radius 1 is 0.170 bits per heavy atom. The average Bonchev–Trinajstić information content (AvgIpc) is 1.70. The van der Waals surface area contributed by atoms with Gasteiger partial charge in [0.05, 0.1) is 33.1 Å². The van der Waals surface area contributed by atoms with Crippen molar-refractivity contribution >= 4 is 162 Å². The molecule has 27 aromatic rings.